The summed E-state index contributed by atoms with van der Waals surface area (Å²) in [6, 6.07) is 13.0. The van der Waals surface area contributed by atoms with E-state index < -0.39 is 24.3 Å². The van der Waals surface area contributed by atoms with Gasteiger partial charge in [-0.15, -0.1) is 0 Å². The predicted molar refractivity (Wildman–Crippen MR) is 237 cm³/mol. The first-order valence-electron chi connectivity index (χ1n) is 22.6. The van der Waals surface area contributed by atoms with Gasteiger partial charge in [-0.2, -0.15) is 0 Å². The molecule has 4 fully saturated rings. The highest BCUT2D eigenvalue weighted by atomic mass is 16.5. The van der Waals surface area contributed by atoms with E-state index in [1.165, 1.54) is 14.2 Å². The molecule has 0 radical (unpaired) electrons. The summed E-state index contributed by atoms with van der Waals surface area (Å²) in [5.74, 6) is 2.31. The van der Waals surface area contributed by atoms with Crippen molar-refractivity contribution in [2.45, 2.75) is 102 Å². The molecule has 7 atom stereocenters. The fourth-order valence-electron chi connectivity index (χ4n) is 10.8. The fraction of sp³-hybridized carbons (Fsp3) is 0.500. The predicted octanol–water partition coefficient (Wildman–Crippen LogP) is 7.26. The molecule has 64 heavy (non-hydrogen) atoms. The normalized spacial score (nSPS) is 24.3. The number of ether oxygens (including phenoxy) is 4. The van der Waals surface area contributed by atoms with Crippen molar-refractivity contribution in [2.75, 3.05) is 34.5 Å². The summed E-state index contributed by atoms with van der Waals surface area (Å²) in [6.07, 6.45) is 4.03. The van der Waals surface area contributed by atoms with Crippen molar-refractivity contribution in [1.82, 2.24) is 40.4 Å². The van der Waals surface area contributed by atoms with Gasteiger partial charge >= 0.3 is 12.2 Å². The quantitative estimate of drug-likeness (QED) is 0.111. The van der Waals surface area contributed by atoms with Crippen molar-refractivity contribution in [3.63, 3.8) is 0 Å². The summed E-state index contributed by atoms with van der Waals surface area (Å²) in [7, 11) is 4.28. The maximum Gasteiger partial charge on any atom is 0.407 e. The Balaban J connectivity index is 0.940. The van der Waals surface area contributed by atoms with E-state index in [0.29, 0.717) is 32.1 Å². The molecule has 6 heterocycles. The van der Waals surface area contributed by atoms with Crippen molar-refractivity contribution < 1.29 is 38.1 Å². The van der Waals surface area contributed by atoms with Crippen LogP contribution in [-0.2, 0) is 30.4 Å². The second kappa shape index (κ2) is 16.4. The summed E-state index contributed by atoms with van der Waals surface area (Å²) in [4.78, 5) is 73.9. The van der Waals surface area contributed by atoms with Crippen LogP contribution in [0.1, 0.15) is 100 Å². The summed E-state index contributed by atoms with van der Waals surface area (Å²) in [5.41, 5.74) is 7.82. The van der Waals surface area contributed by atoms with E-state index in [4.69, 9.17) is 28.9 Å². The number of aromatic nitrogens is 4. The topological polar surface area (TPSA) is 193 Å². The molecule has 5 aliphatic rings. The van der Waals surface area contributed by atoms with Crippen LogP contribution in [0.4, 0.5) is 9.59 Å². The van der Waals surface area contributed by atoms with Crippen molar-refractivity contribution in [3.8, 4) is 28.1 Å². The number of carbonyl (C=O) groups excluding carboxylic acids is 4. The number of piperidine rings is 1. The number of methoxy groups -OCH3 is 3. The number of hydrogen-bond donors (Lipinski definition) is 4. The Labute approximate surface area is 371 Å². The zero-order valence-corrected chi connectivity index (χ0v) is 37.2. The number of hydrogen-bond acceptors (Lipinski definition) is 10. The van der Waals surface area contributed by atoms with Crippen LogP contribution >= 0.6 is 0 Å². The van der Waals surface area contributed by atoms with Crippen LogP contribution in [0.5, 0.6) is 5.75 Å². The van der Waals surface area contributed by atoms with E-state index in [2.05, 4.69) is 57.0 Å². The average molecular weight is 873 g/mol. The van der Waals surface area contributed by atoms with Gasteiger partial charge in [0.2, 0.25) is 11.8 Å². The maximum atomic E-state index is 14.2. The highest BCUT2D eigenvalue weighted by Crippen LogP contribution is 2.48. The molecule has 4 aliphatic heterocycles. The lowest BCUT2D eigenvalue weighted by Crippen LogP contribution is -2.58. The smallest absolute Gasteiger partial charge is 0.407 e. The molecule has 3 aromatic carbocycles. The van der Waals surface area contributed by atoms with E-state index in [1.807, 2.05) is 36.6 Å². The van der Waals surface area contributed by atoms with Crippen LogP contribution in [0.2, 0.25) is 0 Å². The minimum absolute atomic E-state index is 0.00298. The lowest BCUT2D eigenvalue weighted by atomic mass is 9.88. The number of rotatable bonds is 10. The van der Waals surface area contributed by atoms with Gasteiger partial charge in [-0.25, -0.2) is 19.6 Å². The fourth-order valence-corrected chi connectivity index (χ4v) is 10.8. The molecule has 16 nitrogen and oxygen atoms in total. The third-order valence-corrected chi connectivity index (χ3v) is 14.2. The molecule has 4 N–H and O–H groups in total. The van der Waals surface area contributed by atoms with Gasteiger partial charge in [0.25, 0.3) is 0 Å². The highest BCUT2D eigenvalue weighted by molar-refractivity contribution is 6.07. The van der Waals surface area contributed by atoms with Gasteiger partial charge in [-0.1, -0.05) is 39.0 Å². The number of benzene rings is 3. The molecule has 3 saturated heterocycles. The minimum Gasteiger partial charge on any atom is -0.488 e. The molecule has 1 unspecified atom stereocenters. The molecule has 5 aromatic rings. The summed E-state index contributed by atoms with van der Waals surface area (Å²) >= 11 is 0. The van der Waals surface area contributed by atoms with E-state index in [1.54, 1.807) is 7.11 Å². The highest BCUT2D eigenvalue weighted by Gasteiger charge is 2.48. The van der Waals surface area contributed by atoms with Gasteiger partial charge in [0.05, 0.1) is 49.6 Å². The SMILES string of the molecule is COC[C@H]1C[C@@H](c2nc(-c3ccc4c(c3)COc3cc5c(ccc6[nH]c([C@@H]7CC[C@@H]8CC(C)[C@H](NC(=O)OC)C(=O)N87)nc65)cc3-4)c(C3CC3)[nH]2)N(C(=O)[C@@H](NC(=O)OC)C(C)C)C1. The molecule has 1 saturated carbocycles. The number of alkyl carbamates (subject to hydrolysis) is 2. The van der Waals surface area contributed by atoms with E-state index in [0.717, 1.165) is 105 Å². The molecule has 1 aliphatic carbocycles. The standard InChI is InChI=1S/C48H56N8O8/c1-23(2)38(53-47(59)62-5)45(57)55-20-25(21-61-4)16-36(55)44-50-40(26-7-8-26)41(51-44)28-9-12-31-29(17-28)22-64-37-19-32-27(18-33(31)37)10-13-34-42(32)52-43(49-34)35-14-11-30-15-24(3)39(46(58)56(30)35)54-48(60)63-6/h9-10,12-13,17-19,23-26,30,35-36,38-39H,7-8,11,14-16,20-22H2,1-6H3,(H,49,52)(H,50,51)(H,53,59)(H,54,60)/t24?,25-,30+,35-,36-,38-,39-/m0/s1. The number of fused-ring (bicyclic) bond motifs is 7. The Bertz CT molecular complexity index is 2670. The Hall–Kier alpha value is -6.16. The molecule has 4 amide bonds. The minimum atomic E-state index is -0.750. The average Bonchev–Trinajstić information content (AvgIpc) is 3.60. The van der Waals surface area contributed by atoms with Gasteiger partial charge < -0.3 is 49.3 Å². The van der Waals surface area contributed by atoms with Gasteiger partial charge in [-0.3, -0.25) is 9.59 Å². The number of nitrogens with zero attached hydrogens (tertiary/aromatic N) is 4. The molecule has 16 heteroatoms. The first-order valence-corrected chi connectivity index (χ1v) is 22.6. The Kier molecular flexibility index (Phi) is 10.7. The number of H-pyrrole nitrogens is 2. The maximum absolute atomic E-state index is 14.2. The van der Waals surface area contributed by atoms with Crippen molar-refractivity contribution in [1.29, 1.82) is 0 Å². The third-order valence-electron chi connectivity index (χ3n) is 14.2. The van der Waals surface area contributed by atoms with Crippen LogP contribution in [0.25, 0.3) is 44.2 Å². The monoisotopic (exact) mass is 872 g/mol. The number of amides is 4. The Morgan fingerprint density at radius 3 is 2.45 bits per heavy atom. The van der Waals surface area contributed by atoms with Crippen LogP contribution in [0.15, 0.2) is 42.5 Å². The van der Waals surface area contributed by atoms with E-state index in [9.17, 15) is 19.2 Å². The van der Waals surface area contributed by atoms with Gasteiger partial charge in [-0.05, 0) is 91.1 Å². The van der Waals surface area contributed by atoms with Crippen LogP contribution < -0.4 is 15.4 Å². The second-order valence-electron chi connectivity index (χ2n) is 18.7. The first kappa shape index (κ1) is 41.8. The second-order valence-corrected chi connectivity index (χ2v) is 18.7. The largest absolute Gasteiger partial charge is 0.488 e. The van der Waals surface area contributed by atoms with Gasteiger partial charge in [0.1, 0.15) is 36.1 Å². The molecule has 2 aromatic heterocycles. The number of aromatic amines is 2. The Morgan fingerprint density at radius 2 is 1.70 bits per heavy atom. The molecule has 0 spiro atoms. The number of likely N-dealkylation sites (tertiary alicyclic amines) is 1. The van der Waals surface area contributed by atoms with Gasteiger partial charge in [0.15, 0.2) is 0 Å². The van der Waals surface area contributed by atoms with Gasteiger partial charge in [0, 0.05) is 53.7 Å². The van der Waals surface area contributed by atoms with Crippen LogP contribution in [0.3, 0.4) is 0 Å². The Morgan fingerprint density at radius 1 is 0.906 bits per heavy atom. The summed E-state index contributed by atoms with van der Waals surface area (Å²) < 4.78 is 21.8. The van der Waals surface area contributed by atoms with Crippen molar-refractivity contribution >= 4 is 45.8 Å². The molecular formula is C48H56N8O8. The lowest BCUT2D eigenvalue weighted by Gasteiger charge is -2.41. The molecule has 0 bridgehead atoms. The number of imidazole rings is 2. The molecule has 336 valence electrons. The molecule has 10 rings (SSSR count). The van der Waals surface area contributed by atoms with Crippen molar-refractivity contribution in [2.24, 2.45) is 17.8 Å². The summed E-state index contributed by atoms with van der Waals surface area (Å²) in [5, 5.41) is 7.51. The van der Waals surface area contributed by atoms with Crippen LogP contribution in [0, 0.1) is 17.8 Å². The summed E-state index contributed by atoms with van der Waals surface area (Å²) in [6.45, 7) is 7.21. The van der Waals surface area contributed by atoms with E-state index >= 15 is 0 Å². The zero-order valence-electron chi connectivity index (χ0n) is 37.2. The zero-order chi connectivity index (χ0) is 44.6. The third kappa shape index (κ3) is 7.28. The number of nitrogens with one attached hydrogen (secondary N) is 4. The molecular weight excluding hydrogens is 817 g/mol. The number of carbonyl (C=O) groups is 4. The van der Waals surface area contributed by atoms with E-state index in [-0.39, 0.29) is 47.7 Å². The van der Waals surface area contributed by atoms with Crippen LogP contribution in [-0.4, -0.2) is 106 Å². The van der Waals surface area contributed by atoms with Crippen molar-refractivity contribution in [3.05, 3.63) is 65.4 Å². The first-order chi connectivity index (χ1) is 30.9. The lowest BCUT2D eigenvalue weighted by molar-refractivity contribution is -0.142.